The largest absolute Gasteiger partial charge is 0.497 e. The summed E-state index contributed by atoms with van der Waals surface area (Å²) in [5.41, 5.74) is 0.939. The van der Waals surface area contributed by atoms with E-state index in [9.17, 15) is 9.59 Å². The molecule has 1 N–H and O–H groups in total. The van der Waals surface area contributed by atoms with Crippen molar-refractivity contribution >= 4 is 11.8 Å². The molecule has 1 aromatic carbocycles. The van der Waals surface area contributed by atoms with Crippen LogP contribution in [0.2, 0.25) is 0 Å². The molecule has 1 saturated heterocycles. The van der Waals surface area contributed by atoms with Crippen LogP contribution in [0.5, 0.6) is 5.75 Å². The minimum absolute atomic E-state index is 0.217. The molecule has 1 unspecified atom stereocenters. The molecule has 0 bridgehead atoms. The molecule has 5 nitrogen and oxygen atoms in total. The van der Waals surface area contributed by atoms with Crippen molar-refractivity contribution in [2.75, 3.05) is 20.2 Å². The van der Waals surface area contributed by atoms with Gasteiger partial charge in [-0.3, -0.25) is 9.59 Å². The number of piperidine rings is 1. The van der Waals surface area contributed by atoms with E-state index >= 15 is 0 Å². The van der Waals surface area contributed by atoms with E-state index in [4.69, 9.17) is 4.74 Å². The average Bonchev–Trinajstić information content (AvgIpc) is 2.54. The van der Waals surface area contributed by atoms with Gasteiger partial charge in [-0.2, -0.15) is 0 Å². The Bertz CT molecular complexity index is 519. The lowest BCUT2D eigenvalue weighted by Gasteiger charge is -2.30. The SMILES string of the molecule is COc1ccc(C(C)NC(=O)C(=O)N2CCC(C)CC2)cc1. The summed E-state index contributed by atoms with van der Waals surface area (Å²) in [6.07, 6.45) is 1.93. The van der Waals surface area contributed by atoms with Crippen molar-refractivity contribution in [1.82, 2.24) is 10.2 Å². The number of hydrogen-bond acceptors (Lipinski definition) is 3. The number of likely N-dealkylation sites (tertiary alicyclic amines) is 1. The standard InChI is InChI=1S/C17H24N2O3/c1-12-8-10-19(11-9-12)17(21)16(20)18-13(2)14-4-6-15(22-3)7-5-14/h4-7,12-13H,8-11H2,1-3H3,(H,18,20). The highest BCUT2D eigenvalue weighted by atomic mass is 16.5. The number of hydrogen-bond donors (Lipinski definition) is 1. The lowest BCUT2D eigenvalue weighted by molar-refractivity contribution is -0.147. The Morgan fingerprint density at radius 2 is 1.82 bits per heavy atom. The molecule has 0 aromatic heterocycles. The highest BCUT2D eigenvalue weighted by molar-refractivity contribution is 6.35. The third kappa shape index (κ3) is 4.00. The van der Waals surface area contributed by atoms with E-state index in [1.165, 1.54) is 0 Å². The van der Waals surface area contributed by atoms with Gasteiger partial charge in [-0.1, -0.05) is 19.1 Å². The fraction of sp³-hybridized carbons (Fsp3) is 0.529. The molecule has 1 aromatic rings. The molecule has 2 amide bonds. The predicted molar refractivity (Wildman–Crippen MR) is 84.5 cm³/mol. The molecule has 1 atom stereocenters. The highest BCUT2D eigenvalue weighted by Gasteiger charge is 2.26. The number of carbonyl (C=O) groups is 2. The van der Waals surface area contributed by atoms with Gasteiger partial charge >= 0.3 is 11.8 Å². The molecule has 0 radical (unpaired) electrons. The summed E-state index contributed by atoms with van der Waals surface area (Å²) in [7, 11) is 1.61. The quantitative estimate of drug-likeness (QED) is 0.870. The normalized spacial score (nSPS) is 17.0. The fourth-order valence-corrected chi connectivity index (χ4v) is 2.59. The van der Waals surface area contributed by atoms with E-state index in [2.05, 4.69) is 12.2 Å². The van der Waals surface area contributed by atoms with Gasteiger partial charge in [0.25, 0.3) is 0 Å². The van der Waals surface area contributed by atoms with Crippen molar-refractivity contribution in [3.63, 3.8) is 0 Å². The van der Waals surface area contributed by atoms with Crippen LogP contribution in [0.25, 0.3) is 0 Å². The van der Waals surface area contributed by atoms with E-state index in [0.717, 1.165) is 24.2 Å². The van der Waals surface area contributed by atoms with Crippen molar-refractivity contribution < 1.29 is 14.3 Å². The Morgan fingerprint density at radius 3 is 2.36 bits per heavy atom. The summed E-state index contributed by atoms with van der Waals surface area (Å²) < 4.78 is 5.11. The molecule has 1 aliphatic rings. The van der Waals surface area contributed by atoms with Crippen molar-refractivity contribution in [2.24, 2.45) is 5.92 Å². The molecule has 22 heavy (non-hydrogen) atoms. The molecule has 1 heterocycles. The smallest absolute Gasteiger partial charge is 0.311 e. The molecule has 0 aliphatic carbocycles. The average molecular weight is 304 g/mol. The van der Waals surface area contributed by atoms with Crippen LogP contribution in [0.3, 0.4) is 0 Å². The third-order valence-corrected chi connectivity index (χ3v) is 4.23. The minimum atomic E-state index is -0.530. The van der Waals surface area contributed by atoms with E-state index in [-0.39, 0.29) is 6.04 Å². The maximum absolute atomic E-state index is 12.2. The zero-order valence-electron chi connectivity index (χ0n) is 13.5. The summed E-state index contributed by atoms with van der Waals surface area (Å²) in [5, 5.41) is 2.77. The second-order valence-electron chi connectivity index (χ2n) is 5.94. The zero-order chi connectivity index (χ0) is 16.1. The number of rotatable bonds is 3. The molecule has 5 heteroatoms. The van der Waals surface area contributed by atoms with Gasteiger partial charge in [0.15, 0.2) is 0 Å². The lowest BCUT2D eigenvalue weighted by atomic mass is 9.99. The van der Waals surface area contributed by atoms with Gasteiger partial charge in [-0.05, 0) is 43.4 Å². The van der Waals surface area contributed by atoms with Crippen LogP contribution in [0, 0.1) is 5.92 Å². The first-order chi connectivity index (χ1) is 10.5. The van der Waals surface area contributed by atoms with Gasteiger partial charge in [0, 0.05) is 13.1 Å². The lowest BCUT2D eigenvalue weighted by Crippen LogP contribution is -2.46. The molecule has 120 valence electrons. The van der Waals surface area contributed by atoms with E-state index in [1.807, 2.05) is 31.2 Å². The minimum Gasteiger partial charge on any atom is -0.497 e. The molecule has 1 fully saturated rings. The first kappa shape index (κ1) is 16.3. The van der Waals surface area contributed by atoms with E-state index in [1.54, 1.807) is 12.0 Å². The maximum atomic E-state index is 12.2. The Morgan fingerprint density at radius 1 is 1.23 bits per heavy atom. The number of benzene rings is 1. The number of methoxy groups -OCH3 is 1. The Balaban J connectivity index is 1.91. The molecule has 0 saturated carbocycles. The Labute approximate surface area is 131 Å². The van der Waals surface area contributed by atoms with E-state index in [0.29, 0.717) is 19.0 Å². The van der Waals surface area contributed by atoms with Crippen LogP contribution in [0.15, 0.2) is 24.3 Å². The summed E-state index contributed by atoms with van der Waals surface area (Å²) >= 11 is 0. The van der Waals surface area contributed by atoms with Crippen molar-refractivity contribution in [1.29, 1.82) is 0 Å². The predicted octanol–water partition coefficient (Wildman–Crippen LogP) is 2.13. The van der Waals surface area contributed by atoms with Gasteiger partial charge < -0.3 is 15.0 Å². The fourth-order valence-electron chi connectivity index (χ4n) is 2.59. The molecule has 2 rings (SSSR count). The van der Waals surface area contributed by atoms with Crippen molar-refractivity contribution in [2.45, 2.75) is 32.7 Å². The number of nitrogens with zero attached hydrogens (tertiary/aromatic N) is 1. The van der Waals surface area contributed by atoms with Crippen LogP contribution < -0.4 is 10.1 Å². The summed E-state index contributed by atoms with van der Waals surface area (Å²) in [6.45, 7) is 5.38. The van der Waals surface area contributed by atoms with Crippen LogP contribution in [-0.2, 0) is 9.59 Å². The number of amides is 2. The number of nitrogens with one attached hydrogen (secondary N) is 1. The van der Waals surface area contributed by atoms with Crippen LogP contribution in [-0.4, -0.2) is 36.9 Å². The van der Waals surface area contributed by atoms with E-state index < -0.39 is 11.8 Å². The van der Waals surface area contributed by atoms with Gasteiger partial charge in [0.1, 0.15) is 5.75 Å². The molecule has 1 aliphatic heterocycles. The summed E-state index contributed by atoms with van der Waals surface area (Å²) in [6, 6.07) is 7.23. The number of carbonyl (C=O) groups excluding carboxylic acids is 2. The van der Waals surface area contributed by atoms with Crippen molar-refractivity contribution in [3.05, 3.63) is 29.8 Å². The molecular formula is C17H24N2O3. The monoisotopic (exact) mass is 304 g/mol. The molecular weight excluding hydrogens is 280 g/mol. The second-order valence-corrected chi connectivity index (χ2v) is 5.94. The first-order valence-electron chi connectivity index (χ1n) is 7.75. The van der Waals surface area contributed by atoms with Crippen LogP contribution >= 0.6 is 0 Å². The summed E-state index contributed by atoms with van der Waals surface area (Å²) in [4.78, 5) is 25.9. The Hall–Kier alpha value is -2.04. The van der Waals surface area contributed by atoms with Crippen LogP contribution in [0.1, 0.15) is 38.3 Å². The van der Waals surface area contributed by atoms with Gasteiger partial charge in [-0.15, -0.1) is 0 Å². The number of ether oxygens (including phenoxy) is 1. The van der Waals surface area contributed by atoms with Crippen LogP contribution in [0.4, 0.5) is 0 Å². The van der Waals surface area contributed by atoms with Gasteiger partial charge in [0.05, 0.1) is 13.2 Å². The Kier molecular flexibility index (Phi) is 5.41. The van der Waals surface area contributed by atoms with Gasteiger partial charge in [-0.25, -0.2) is 0 Å². The maximum Gasteiger partial charge on any atom is 0.311 e. The second kappa shape index (κ2) is 7.29. The third-order valence-electron chi connectivity index (χ3n) is 4.23. The molecule has 0 spiro atoms. The topological polar surface area (TPSA) is 58.6 Å². The summed E-state index contributed by atoms with van der Waals surface area (Å²) in [5.74, 6) is 0.441. The highest BCUT2D eigenvalue weighted by Crippen LogP contribution is 2.18. The van der Waals surface area contributed by atoms with Crippen molar-refractivity contribution in [3.8, 4) is 5.75 Å². The van der Waals surface area contributed by atoms with Gasteiger partial charge in [0.2, 0.25) is 0 Å². The zero-order valence-corrected chi connectivity index (χ0v) is 13.5. The first-order valence-corrected chi connectivity index (χ1v) is 7.75.